The molecule has 2 aromatic heterocycles. The van der Waals surface area contributed by atoms with Gasteiger partial charge in [-0.15, -0.1) is 11.6 Å². The van der Waals surface area contributed by atoms with Gasteiger partial charge in [0.25, 0.3) is 0 Å². The first-order valence-corrected chi connectivity index (χ1v) is 6.83. The van der Waals surface area contributed by atoms with Gasteiger partial charge in [-0.2, -0.15) is 0 Å². The van der Waals surface area contributed by atoms with Gasteiger partial charge in [-0.25, -0.2) is 9.97 Å². The molecular weight excluding hydrogens is 246 g/mol. The lowest BCUT2D eigenvalue weighted by atomic mass is 9.90. The molecule has 2 aromatic rings. The molecule has 2 rings (SSSR count). The molecule has 98 valence electrons. The SMILES string of the molecule is CCC(C)(C)Cn1c(C(C)Cl)nc2cccnc21. The first-order chi connectivity index (χ1) is 8.44. The molecule has 0 radical (unpaired) electrons. The second-order valence-corrected chi connectivity index (χ2v) is 6.19. The van der Waals surface area contributed by atoms with Crippen LogP contribution in [-0.2, 0) is 6.54 Å². The Balaban J connectivity index is 2.55. The molecule has 0 aliphatic heterocycles. The van der Waals surface area contributed by atoms with Crippen molar-refractivity contribution < 1.29 is 0 Å². The highest BCUT2D eigenvalue weighted by Crippen LogP contribution is 2.29. The zero-order chi connectivity index (χ0) is 13.3. The summed E-state index contributed by atoms with van der Waals surface area (Å²) in [6.45, 7) is 9.56. The Kier molecular flexibility index (Phi) is 3.62. The normalized spacial score (nSPS) is 14.1. The molecule has 0 aliphatic carbocycles. The van der Waals surface area contributed by atoms with Crippen LogP contribution in [0.4, 0.5) is 0 Å². The van der Waals surface area contributed by atoms with E-state index in [0.717, 1.165) is 30.0 Å². The Labute approximate surface area is 113 Å². The van der Waals surface area contributed by atoms with Crippen molar-refractivity contribution in [2.45, 2.75) is 46.0 Å². The van der Waals surface area contributed by atoms with Crippen molar-refractivity contribution in [3.63, 3.8) is 0 Å². The van der Waals surface area contributed by atoms with Gasteiger partial charge in [-0.3, -0.25) is 0 Å². The number of imidazole rings is 1. The van der Waals surface area contributed by atoms with E-state index in [0.29, 0.717) is 0 Å². The summed E-state index contributed by atoms with van der Waals surface area (Å²) in [5.41, 5.74) is 2.07. The lowest BCUT2D eigenvalue weighted by molar-refractivity contribution is 0.293. The number of rotatable bonds is 4. The number of nitrogens with zero attached hydrogens (tertiary/aromatic N) is 3. The van der Waals surface area contributed by atoms with E-state index >= 15 is 0 Å². The molecule has 0 aromatic carbocycles. The van der Waals surface area contributed by atoms with Crippen molar-refractivity contribution >= 4 is 22.8 Å². The van der Waals surface area contributed by atoms with Gasteiger partial charge in [0.15, 0.2) is 5.65 Å². The second-order valence-electron chi connectivity index (χ2n) is 5.54. The summed E-state index contributed by atoms with van der Waals surface area (Å²) < 4.78 is 2.16. The second kappa shape index (κ2) is 4.88. The summed E-state index contributed by atoms with van der Waals surface area (Å²) in [5.74, 6) is 0.909. The van der Waals surface area contributed by atoms with Gasteiger partial charge in [-0.1, -0.05) is 20.8 Å². The molecule has 0 bridgehead atoms. The van der Waals surface area contributed by atoms with Gasteiger partial charge in [0.2, 0.25) is 0 Å². The maximum Gasteiger partial charge on any atom is 0.160 e. The molecule has 1 unspecified atom stereocenters. The van der Waals surface area contributed by atoms with E-state index in [-0.39, 0.29) is 10.8 Å². The summed E-state index contributed by atoms with van der Waals surface area (Å²) >= 11 is 6.24. The molecule has 3 nitrogen and oxygen atoms in total. The Morgan fingerprint density at radius 3 is 2.78 bits per heavy atom. The van der Waals surface area contributed by atoms with Gasteiger partial charge in [0.1, 0.15) is 11.3 Å². The third kappa shape index (κ3) is 2.51. The average Bonchev–Trinajstić information content (AvgIpc) is 2.68. The molecule has 0 saturated heterocycles. The largest absolute Gasteiger partial charge is 0.311 e. The first kappa shape index (κ1) is 13.3. The highest BCUT2D eigenvalue weighted by Gasteiger charge is 2.22. The van der Waals surface area contributed by atoms with Crippen LogP contribution in [0.25, 0.3) is 11.2 Å². The zero-order valence-corrected chi connectivity index (χ0v) is 12.2. The molecule has 18 heavy (non-hydrogen) atoms. The van der Waals surface area contributed by atoms with E-state index in [1.807, 2.05) is 25.3 Å². The fourth-order valence-corrected chi connectivity index (χ4v) is 2.14. The van der Waals surface area contributed by atoms with Crippen molar-refractivity contribution in [2.24, 2.45) is 5.41 Å². The van der Waals surface area contributed by atoms with Crippen molar-refractivity contribution in [3.8, 4) is 0 Å². The lowest BCUT2D eigenvalue weighted by Crippen LogP contribution is -2.20. The monoisotopic (exact) mass is 265 g/mol. The molecular formula is C14H20ClN3. The van der Waals surface area contributed by atoms with Crippen molar-refractivity contribution in [2.75, 3.05) is 0 Å². The van der Waals surface area contributed by atoms with Crippen molar-refractivity contribution in [1.29, 1.82) is 0 Å². The van der Waals surface area contributed by atoms with Crippen LogP contribution in [-0.4, -0.2) is 14.5 Å². The standard InChI is InChI=1S/C14H20ClN3/c1-5-14(3,4)9-18-12(10(2)15)17-11-7-6-8-16-13(11)18/h6-8,10H,5,9H2,1-4H3. The first-order valence-electron chi connectivity index (χ1n) is 6.40. The number of hydrogen-bond acceptors (Lipinski definition) is 2. The molecule has 0 N–H and O–H groups in total. The minimum atomic E-state index is -0.105. The number of fused-ring (bicyclic) bond motifs is 1. The van der Waals surface area contributed by atoms with Gasteiger partial charge in [0.05, 0.1) is 5.38 Å². The lowest BCUT2D eigenvalue weighted by Gasteiger charge is -2.24. The van der Waals surface area contributed by atoms with Crippen LogP contribution in [0.1, 0.15) is 45.3 Å². The number of pyridine rings is 1. The summed E-state index contributed by atoms with van der Waals surface area (Å²) in [4.78, 5) is 9.04. The fraction of sp³-hybridized carbons (Fsp3) is 0.571. The summed E-state index contributed by atoms with van der Waals surface area (Å²) in [6.07, 6.45) is 2.91. The van der Waals surface area contributed by atoms with Crippen LogP contribution in [0.2, 0.25) is 0 Å². The molecule has 0 amide bonds. The van der Waals surface area contributed by atoms with Crippen molar-refractivity contribution in [1.82, 2.24) is 14.5 Å². The predicted molar refractivity (Wildman–Crippen MR) is 75.9 cm³/mol. The minimum absolute atomic E-state index is 0.105. The number of halogens is 1. The number of aromatic nitrogens is 3. The zero-order valence-electron chi connectivity index (χ0n) is 11.4. The molecule has 0 fully saturated rings. The van der Waals surface area contributed by atoms with Crippen LogP contribution in [0, 0.1) is 5.41 Å². The Morgan fingerprint density at radius 1 is 1.44 bits per heavy atom. The molecule has 0 saturated carbocycles. The van der Waals surface area contributed by atoms with Crippen molar-refractivity contribution in [3.05, 3.63) is 24.2 Å². The van der Waals surface area contributed by atoms with Crippen LogP contribution in [0.3, 0.4) is 0 Å². The molecule has 1 atom stereocenters. The van der Waals surface area contributed by atoms with Crippen LogP contribution >= 0.6 is 11.6 Å². The Bertz CT molecular complexity index is 543. The average molecular weight is 266 g/mol. The van der Waals surface area contributed by atoms with Gasteiger partial charge >= 0.3 is 0 Å². The number of hydrogen-bond donors (Lipinski definition) is 0. The quantitative estimate of drug-likeness (QED) is 0.777. The van der Waals surface area contributed by atoms with E-state index in [1.165, 1.54) is 0 Å². The van der Waals surface area contributed by atoms with Crippen LogP contribution in [0.15, 0.2) is 18.3 Å². The Morgan fingerprint density at radius 2 is 2.17 bits per heavy atom. The van der Waals surface area contributed by atoms with Gasteiger partial charge in [0, 0.05) is 12.7 Å². The van der Waals surface area contributed by atoms with Gasteiger partial charge in [-0.05, 0) is 30.9 Å². The summed E-state index contributed by atoms with van der Waals surface area (Å²) in [6, 6.07) is 3.90. The Hall–Kier alpha value is -1.09. The van der Waals surface area contributed by atoms with E-state index < -0.39 is 0 Å². The van der Waals surface area contributed by atoms with E-state index in [4.69, 9.17) is 11.6 Å². The van der Waals surface area contributed by atoms with E-state index in [2.05, 4.69) is 35.3 Å². The molecule has 0 spiro atoms. The highest BCUT2D eigenvalue weighted by molar-refractivity contribution is 6.20. The molecule has 4 heteroatoms. The molecule has 2 heterocycles. The maximum atomic E-state index is 6.24. The van der Waals surface area contributed by atoms with Gasteiger partial charge < -0.3 is 4.57 Å². The topological polar surface area (TPSA) is 30.7 Å². The van der Waals surface area contributed by atoms with E-state index in [1.54, 1.807) is 0 Å². The van der Waals surface area contributed by atoms with Crippen LogP contribution < -0.4 is 0 Å². The third-order valence-corrected chi connectivity index (χ3v) is 3.63. The smallest absolute Gasteiger partial charge is 0.160 e. The minimum Gasteiger partial charge on any atom is -0.311 e. The summed E-state index contributed by atoms with van der Waals surface area (Å²) in [5, 5.41) is -0.105. The maximum absolute atomic E-state index is 6.24. The summed E-state index contributed by atoms with van der Waals surface area (Å²) in [7, 11) is 0. The fourth-order valence-electron chi connectivity index (χ4n) is 1.98. The van der Waals surface area contributed by atoms with Crippen LogP contribution in [0.5, 0.6) is 0 Å². The molecule has 0 aliphatic rings. The number of alkyl halides is 1. The highest BCUT2D eigenvalue weighted by atomic mass is 35.5. The third-order valence-electron chi connectivity index (χ3n) is 3.43. The van der Waals surface area contributed by atoms with E-state index in [9.17, 15) is 0 Å². The predicted octanol–water partition coefficient (Wildman–Crippen LogP) is 4.17.